The highest BCUT2D eigenvalue weighted by Crippen LogP contribution is 2.44. The Hall–Kier alpha value is -1.75. The number of hydrogen-bond acceptors (Lipinski definition) is 4. The van der Waals surface area contributed by atoms with Gasteiger partial charge in [-0.15, -0.1) is 0 Å². The highest BCUT2D eigenvalue weighted by atomic mass is 16.5. The normalized spacial score (nSPS) is 29.8. The van der Waals surface area contributed by atoms with Crippen LogP contribution in [-0.2, 0) is 11.2 Å². The average molecular weight is 357 g/mol. The van der Waals surface area contributed by atoms with E-state index in [-0.39, 0.29) is 11.6 Å². The van der Waals surface area contributed by atoms with Crippen LogP contribution in [0.5, 0.6) is 5.75 Å². The zero-order chi connectivity index (χ0) is 18.3. The summed E-state index contributed by atoms with van der Waals surface area (Å²) in [5.41, 5.74) is 8.79. The van der Waals surface area contributed by atoms with Crippen molar-refractivity contribution in [3.05, 3.63) is 17.7 Å². The maximum atomic E-state index is 12.2. The van der Waals surface area contributed by atoms with E-state index in [2.05, 4.69) is 18.7 Å². The van der Waals surface area contributed by atoms with Gasteiger partial charge in [0.05, 0.1) is 5.69 Å². The van der Waals surface area contributed by atoms with Gasteiger partial charge in [0.15, 0.2) is 0 Å². The largest absolute Gasteiger partial charge is 0.485 e. The van der Waals surface area contributed by atoms with Crippen LogP contribution < -0.4 is 15.4 Å². The minimum atomic E-state index is -0.240. The molecule has 3 aliphatic rings. The second-order valence-corrected chi connectivity index (χ2v) is 8.77. The van der Waals surface area contributed by atoms with Crippen LogP contribution in [0.15, 0.2) is 12.1 Å². The molecule has 4 rings (SSSR count). The van der Waals surface area contributed by atoms with Crippen LogP contribution in [-0.4, -0.2) is 42.6 Å². The van der Waals surface area contributed by atoms with Gasteiger partial charge >= 0.3 is 0 Å². The van der Waals surface area contributed by atoms with E-state index < -0.39 is 0 Å². The van der Waals surface area contributed by atoms with Crippen molar-refractivity contribution in [2.45, 2.75) is 64.0 Å². The molecule has 3 heterocycles. The van der Waals surface area contributed by atoms with E-state index in [1.807, 2.05) is 17.0 Å². The molecule has 3 aliphatic heterocycles. The summed E-state index contributed by atoms with van der Waals surface area (Å²) in [5, 5.41) is 0. The molecule has 0 spiro atoms. The monoisotopic (exact) mass is 357 g/mol. The first-order valence-electron chi connectivity index (χ1n) is 10.0. The van der Waals surface area contributed by atoms with Gasteiger partial charge in [-0.05, 0) is 77.0 Å². The van der Waals surface area contributed by atoms with Gasteiger partial charge in [0.25, 0.3) is 0 Å². The summed E-state index contributed by atoms with van der Waals surface area (Å²) in [4.78, 5) is 16.7. The Kier molecular flexibility index (Phi) is 4.59. The zero-order valence-corrected chi connectivity index (χ0v) is 16.0. The van der Waals surface area contributed by atoms with Gasteiger partial charge in [-0.1, -0.05) is 0 Å². The van der Waals surface area contributed by atoms with Crippen LogP contribution in [0.1, 0.15) is 51.5 Å². The minimum absolute atomic E-state index is 0.240. The van der Waals surface area contributed by atoms with Crippen LogP contribution in [0.3, 0.4) is 0 Å². The SMILES string of the molecule is CC1(C)CCCc2c(N)ccc(N(C=O)C3CCN4CCCC3C4)c2O1. The van der Waals surface area contributed by atoms with Crippen molar-refractivity contribution in [1.29, 1.82) is 0 Å². The molecule has 5 heteroatoms. The number of rotatable bonds is 3. The molecule has 0 aliphatic carbocycles. The topological polar surface area (TPSA) is 58.8 Å². The number of fused-ring (bicyclic) bond motifs is 3. The predicted molar refractivity (Wildman–Crippen MR) is 105 cm³/mol. The summed E-state index contributed by atoms with van der Waals surface area (Å²) >= 11 is 0. The van der Waals surface area contributed by atoms with E-state index in [9.17, 15) is 4.79 Å². The van der Waals surface area contributed by atoms with Gasteiger partial charge in [0.1, 0.15) is 11.4 Å². The van der Waals surface area contributed by atoms with Crippen LogP contribution in [0.25, 0.3) is 0 Å². The Morgan fingerprint density at radius 2 is 2.12 bits per heavy atom. The number of piperidine rings is 2. The third kappa shape index (κ3) is 3.18. The molecule has 2 bridgehead atoms. The fraction of sp³-hybridized carbons (Fsp3) is 0.667. The van der Waals surface area contributed by atoms with Crippen molar-refractivity contribution in [3.63, 3.8) is 0 Å². The predicted octanol–water partition coefficient (Wildman–Crippen LogP) is 3.21. The van der Waals surface area contributed by atoms with Gasteiger partial charge in [-0.25, -0.2) is 0 Å². The van der Waals surface area contributed by atoms with E-state index in [0.29, 0.717) is 5.92 Å². The molecule has 1 amide bonds. The van der Waals surface area contributed by atoms with E-state index in [1.54, 1.807) is 0 Å². The highest BCUT2D eigenvalue weighted by Gasteiger charge is 2.38. The molecule has 2 N–H and O–H groups in total. The number of nitrogens with two attached hydrogens (primary N) is 1. The summed E-state index contributed by atoms with van der Waals surface area (Å²) < 4.78 is 6.44. The number of nitrogen functional groups attached to an aromatic ring is 1. The molecule has 142 valence electrons. The van der Waals surface area contributed by atoms with Crippen molar-refractivity contribution in [3.8, 4) is 5.75 Å². The van der Waals surface area contributed by atoms with Crippen LogP contribution >= 0.6 is 0 Å². The lowest BCUT2D eigenvalue weighted by molar-refractivity contribution is -0.108. The second kappa shape index (κ2) is 6.76. The first-order chi connectivity index (χ1) is 12.5. The van der Waals surface area contributed by atoms with Crippen LogP contribution in [0.4, 0.5) is 11.4 Å². The van der Waals surface area contributed by atoms with Gasteiger partial charge in [-0.2, -0.15) is 0 Å². The maximum Gasteiger partial charge on any atom is 0.214 e. The molecule has 26 heavy (non-hydrogen) atoms. The molecule has 1 aromatic carbocycles. The highest BCUT2D eigenvalue weighted by molar-refractivity contribution is 5.83. The smallest absolute Gasteiger partial charge is 0.214 e. The molecule has 0 saturated carbocycles. The molecular formula is C21H31N3O2. The number of carbonyl (C=O) groups is 1. The van der Waals surface area contributed by atoms with Crippen LogP contribution in [0, 0.1) is 5.92 Å². The molecule has 3 atom stereocenters. The van der Waals surface area contributed by atoms with Crippen molar-refractivity contribution in [2.24, 2.45) is 5.92 Å². The molecular weight excluding hydrogens is 326 g/mol. The van der Waals surface area contributed by atoms with Gasteiger partial charge in [-0.3, -0.25) is 4.79 Å². The quantitative estimate of drug-likeness (QED) is 0.667. The summed E-state index contributed by atoms with van der Waals surface area (Å²) in [6.07, 6.45) is 7.44. The molecule has 2 saturated heterocycles. The van der Waals surface area contributed by atoms with Crippen molar-refractivity contribution in [2.75, 3.05) is 30.3 Å². The van der Waals surface area contributed by atoms with Crippen LogP contribution in [0.2, 0.25) is 0 Å². The number of nitrogens with zero attached hydrogens (tertiary/aromatic N) is 2. The molecule has 5 nitrogen and oxygen atoms in total. The number of hydrogen-bond donors (Lipinski definition) is 1. The lowest BCUT2D eigenvalue weighted by atomic mass is 9.84. The Labute approximate surface area is 156 Å². The standard InChI is InChI=1S/C21H31N3O2/c1-21(2)10-3-6-16-17(22)7-8-19(20(16)26-21)24(14-25)18-9-12-23-11-4-5-15(18)13-23/h7-8,14-15,18H,3-6,9-13,22H2,1-2H3. The van der Waals surface area contributed by atoms with E-state index in [0.717, 1.165) is 67.9 Å². The number of benzene rings is 1. The molecule has 2 fully saturated rings. The molecule has 0 aromatic heterocycles. The number of ether oxygens (including phenoxy) is 1. The zero-order valence-electron chi connectivity index (χ0n) is 16.0. The van der Waals surface area contributed by atoms with Crippen molar-refractivity contribution in [1.82, 2.24) is 4.90 Å². The Balaban J connectivity index is 1.73. The van der Waals surface area contributed by atoms with Gasteiger partial charge in [0, 0.05) is 30.4 Å². The molecule has 3 unspecified atom stereocenters. The lowest BCUT2D eigenvalue weighted by Gasteiger charge is -2.46. The molecule has 1 aromatic rings. The summed E-state index contributed by atoms with van der Waals surface area (Å²) in [6, 6.07) is 4.19. The van der Waals surface area contributed by atoms with Crippen molar-refractivity contribution >= 4 is 17.8 Å². The first kappa shape index (κ1) is 17.7. The summed E-state index contributed by atoms with van der Waals surface area (Å²) in [5.74, 6) is 1.38. The number of carbonyl (C=O) groups excluding carboxylic acids is 1. The van der Waals surface area contributed by atoms with E-state index >= 15 is 0 Å². The summed E-state index contributed by atoms with van der Waals surface area (Å²) in [6.45, 7) is 7.65. The average Bonchev–Trinajstić information content (AvgIpc) is 2.77. The second-order valence-electron chi connectivity index (χ2n) is 8.77. The first-order valence-corrected chi connectivity index (χ1v) is 10.0. The number of anilines is 2. The van der Waals surface area contributed by atoms with Gasteiger partial charge in [0.2, 0.25) is 6.41 Å². The molecule has 0 radical (unpaired) electrons. The fourth-order valence-corrected chi connectivity index (χ4v) is 5.06. The third-order valence-corrected chi connectivity index (χ3v) is 6.44. The number of amides is 1. The summed E-state index contributed by atoms with van der Waals surface area (Å²) in [7, 11) is 0. The lowest BCUT2D eigenvalue weighted by Crippen LogP contribution is -2.53. The van der Waals surface area contributed by atoms with Crippen molar-refractivity contribution < 1.29 is 9.53 Å². The van der Waals surface area contributed by atoms with Gasteiger partial charge < -0.3 is 20.3 Å². The third-order valence-electron chi connectivity index (χ3n) is 6.44. The maximum absolute atomic E-state index is 12.2. The van der Waals surface area contributed by atoms with E-state index in [1.165, 1.54) is 19.4 Å². The Morgan fingerprint density at radius 1 is 1.27 bits per heavy atom. The van der Waals surface area contributed by atoms with E-state index in [4.69, 9.17) is 10.5 Å². The fourth-order valence-electron chi connectivity index (χ4n) is 5.06. The Bertz CT molecular complexity index is 688. The Morgan fingerprint density at radius 3 is 2.92 bits per heavy atom. The minimum Gasteiger partial charge on any atom is -0.485 e.